The third-order valence-corrected chi connectivity index (χ3v) is 9.44. The number of likely N-dealkylation sites (tertiary alicyclic amines) is 1. The average molecular weight is 561 g/mol. The summed E-state index contributed by atoms with van der Waals surface area (Å²) in [4.78, 5) is 45.2. The van der Waals surface area contributed by atoms with Gasteiger partial charge in [-0.2, -0.15) is 0 Å². The molecule has 212 valence electrons. The van der Waals surface area contributed by atoms with Crippen LogP contribution in [-0.2, 0) is 19.1 Å². The summed E-state index contributed by atoms with van der Waals surface area (Å²) in [5.41, 5.74) is -0.884. The summed E-state index contributed by atoms with van der Waals surface area (Å²) in [5, 5.41) is 5.94. The number of hydrogen-bond acceptors (Lipinski definition) is 5. The van der Waals surface area contributed by atoms with E-state index in [1.165, 1.54) is 18.2 Å². The zero-order chi connectivity index (χ0) is 28.1. The van der Waals surface area contributed by atoms with E-state index < -0.39 is 41.3 Å². The first-order valence-corrected chi connectivity index (χ1v) is 14.3. The highest BCUT2D eigenvalue weighted by Gasteiger charge is 2.72. The van der Waals surface area contributed by atoms with Crippen LogP contribution in [0.5, 0.6) is 0 Å². The van der Waals surface area contributed by atoms with Crippen LogP contribution < -0.4 is 10.6 Å². The highest BCUT2D eigenvalue weighted by atomic mass is 35.5. The van der Waals surface area contributed by atoms with Crippen LogP contribution in [0, 0.1) is 29.5 Å². The van der Waals surface area contributed by atoms with Gasteiger partial charge in [0.2, 0.25) is 17.7 Å². The Morgan fingerprint density at radius 3 is 2.72 bits per heavy atom. The predicted octanol–water partition coefficient (Wildman–Crippen LogP) is 3.46. The largest absolute Gasteiger partial charge is 0.359 e. The summed E-state index contributed by atoms with van der Waals surface area (Å²) in [6, 6.07) is 3.10. The number of fused-ring (bicyclic) bond motifs is 1. The third kappa shape index (κ3) is 4.98. The number of nitrogens with zero attached hydrogens (tertiary/aromatic N) is 2. The van der Waals surface area contributed by atoms with Crippen LogP contribution in [0.1, 0.15) is 39.5 Å². The van der Waals surface area contributed by atoms with Gasteiger partial charge in [0.15, 0.2) is 0 Å². The lowest BCUT2D eigenvalue weighted by Gasteiger charge is -2.38. The second-order valence-corrected chi connectivity index (χ2v) is 12.3. The number of carbonyl (C=O) groups excluding carboxylic acids is 3. The molecule has 1 spiro atoms. The van der Waals surface area contributed by atoms with Gasteiger partial charge in [0.05, 0.1) is 23.0 Å². The quantitative estimate of drug-likeness (QED) is 0.475. The van der Waals surface area contributed by atoms with Crippen LogP contribution in [-0.4, -0.2) is 78.5 Å². The normalized spacial score (nSPS) is 35.0. The highest BCUT2D eigenvalue weighted by molar-refractivity contribution is 6.31. The second kappa shape index (κ2) is 10.8. The van der Waals surface area contributed by atoms with Gasteiger partial charge in [-0.15, -0.1) is 0 Å². The Morgan fingerprint density at radius 1 is 1.23 bits per heavy atom. The van der Waals surface area contributed by atoms with Gasteiger partial charge in [0.1, 0.15) is 17.5 Å². The lowest BCUT2D eigenvalue weighted by Crippen LogP contribution is -2.58. The van der Waals surface area contributed by atoms with Crippen LogP contribution in [0.15, 0.2) is 30.4 Å². The van der Waals surface area contributed by atoms with E-state index in [1.54, 1.807) is 11.0 Å². The van der Waals surface area contributed by atoms with Gasteiger partial charge >= 0.3 is 0 Å². The Bertz CT molecular complexity index is 1180. The van der Waals surface area contributed by atoms with Crippen molar-refractivity contribution in [1.29, 1.82) is 0 Å². The standard InChI is InChI=1S/C29H38ClFN4O4/c1-16-7-5-8-21(17(16)2)33-27(37)25-29-12-11-22(39-29)23(24(29)28(38)35(25)14-6-13-34(3)4)26(36)32-18-9-10-20(31)19(30)15-18/h9-12,15-17,21-25H,5-8,13-14H2,1-4H3,(H,32,36)(H,33,37)/t16-,17-,21+,22-,23+,24-,25+,29+/m1/s1. The summed E-state index contributed by atoms with van der Waals surface area (Å²) >= 11 is 5.90. The van der Waals surface area contributed by atoms with Gasteiger partial charge in [-0.25, -0.2) is 4.39 Å². The molecule has 39 heavy (non-hydrogen) atoms. The van der Waals surface area contributed by atoms with E-state index in [4.69, 9.17) is 16.3 Å². The molecule has 2 bridgehead atoms. The Hall–Kier alpha value is -2.49. The topological polar surface area (TPSA) is 91.0 Å². The minimum absolute atomic E-state index is 0.0281. The lowest BCUT2D eigenvalue weighted by molar-refractivity contribution is -0.141. The van der Waals surface area contributed by atoms with E-state index in [0.29, 0.717) is 30.5 Å². The molecule has 3 amide bonds. The molecule has 0 aromatic heterocycles. The zero-order valence-electron chi connectivity index (χ0n) is 23.0. The fourth-order valence-corrected chi connectivity index (χ4v) is 7.09. The Kier molecular flexibility index (Phi) is 7.79. The van der Waals surface area contributed by atoms with Crippen molar-refractivity contribution in [2.45, 2.75) is 63.3 Å². The molecule has 3 heterocycles. The lowest BCUT2D eigenvalue weighted by atomic mass is 9.73. The third-order valence-electron chi connectivity index (χ3n) is 9.15. The molecule has 0 unspecified atom stereocenters. The van der Waals surface area contributed by atoms with Crippen molar-refractivity contribution in [2.75, 3.05) is 32.5 Å². The SMILES string of the molecule is C[C@@H]1[C@H](C)CCC[C@@H]1NC(=O)[C@@H]1N(CCCN(C)C)C(=O)[C@H]2[C@@H](C(=O)Nc3ccc(F)c(Cl)c3)[C@H]3C=C[C@@]12O3. The van der Waals surface area contributed by atoms with Crippen LogP contribution >= 0.6 is 11.6 Å². The predicted molar refractivity (Wildman–Crippen MR) is 147 cm³/mol. The molecule has 2 N–H and O–H groups in total. The number of halogens is 2. The van der Waals surface area contributed by atoms with Crippen LogP contribution in [0.2, 0.25) is 5.02 Å². The molecule has 4 aliphatic rings. The maximum Gasteiger partial charge on any atom is 0.246 e. The zero-order valence-corrected chi connectivity index (χ0v) is 23.7. The molecule has 1 saturated carbocycles. The fourth-order valence-electron chi connectivity index (χ4n) is 6.91. The van der Waals surface area contributed by atoms with Crippen LogP contribution in [0.4, 0.5) is 10.1 Å². The number of ether oxygens (including phenoxy) is 1. The van der Waals surface area contributed by atoms with Crippen molar-refractivity contribution >= 4 is 35.0 Å². The van der Waals surface area contributed by atoms with E-state index in [2.05, 4.69) is 24.5 Å². The molecule has 1 aliphatic carbocycles. The first kappa shape index (κ1) is 28.1. The maximum atomic E-state index is 14.0. The number of hydrogen-bond donors (Lipinski definition) is 2. The molecule has 1 aromatic carbocycles. The number of amides is 3. The van der Waals surface area contributed by atoms with E-state index in [-0.39, 0.29) is 22.9 Å². The van der Waals surface area contributed by atoms with E-state index in [9.17, 15) is 18.8 Å². The smallest absolute Gasteiger partial charge is 0.246 e. The molecule has 3 fully saturated rings. The van der Waals surface area contributed by atoms with Gasteiger partial charge in [-0.1, -0.05) is 50.4 Å². The van der Waals surface area contributed by atoms with E-state index in [0.717, 1.165) is 25.8 Å². The second-order valence-electron chi connectivity index (χ2n) is 11.9. The number of carbonyl (C=O) groups is 3. The van der Waals surface area contributed by atoms with E-state index in [1.807, 2.05) is 25.1 Å². The summed E-state index contributed by atoms with van der Waals surface area (Å²) in [6.45, 7) is 5.52. The Balaban J connectivity index is 1.42. The molecular formula is C29H38ClFN4O4. The maximum absolute atomic E-state index is 14.0. The van der Waals surface area contributed by atoms with Gasteiger partial charge in [-0.05, 0) is 63.5 Å². The van der Waals surface area contributed by atoms with Crippen LogP contribution in [0.3, 0.4) is 0 Å². The van der Waals surface area contributed by atoms with Gasteiger partial charge < -0.3 is 25.2 Å². The molecule has 1 aromatic rings. The average Bonchev–Trinajstić information content (AvgIpc) is 3.51. The molecule has 5 rings (SSSR count). The molecule has 10 heteroatoms. The molecule has 0 radical (unpaired) electrons. The van der Waals surface area contributed by atoms with Crippen molar-refractivity contribution in [3.8, 4) is 0 Å². The number of rotatable bonds is 8. The van der Waals surface area contributed by atoms with Crippen LogP contribution in [0.25, 0.3) is 0 Å². The van der Waals surface area contributed by atoms with Crippen molar-refractivity contribution in [3.63, 3.8) is 0 Å². The summed E-state index contributed by atoms with van der Waals surface area (Å²) < 4.78 is 20.1. The molecule has 8 atom stereocenters. The summed E-state index contributed by atoms with van der Waals surface area (Å²) in [5.74, 6) is -2.31. The Morgan fingerprint density at radius 2 is 2.00 bits per heavy atom. The molecular weight excluding hydrogens is 523 g/mol. The number of anilines is 1. The van der Waals surface area contributed by atoms with Crippen molar-refractivity contribution in [3.05, 3.63) is 41.2 Å². The highest BCUT2D eigenvalue weighted by Crippen LogP contribution is 2.55. The van der Waals surface area contributed by atoms with Gasteiger partial charge in [-0.3, -0.25) is 14.4 Å². The first-order chi connectivity index (χ1) is 18.5. The molecule has 3 aliphatic heterocycles. The van der Waals surface area contributed by atoms with Crippen molar-refractivity contribution < 1.29 is 23.5 Å². The minimum Gasteiger partial charge on any atom is -0.359 e. The molecule has 2 saturated heterocycles. The summed E-state index contributed by atoms with van der Waals surface area (Å²) in [7, 11) is 3.93. The van der Waals surface area contributed by atoms with Gasteiger partial charge in [0, 0.05) is 18.3 Å². The van der Waals surface area contributed by atoms with Gasteiger partial charge in [0.25, 0.3) is 0 Å². The number of benzene rings is 1. The van der Waals surface area contributed by atoms with Crippen molar-refractivity contribution in [2.24, 2.45) is 23.7 Å². The monoisotopic (exact) mass is 560 g/mol. The summed E-state index contributed by atoms with van der Waals surface area (Å²) in [6.07, 6.45) is 6.75. The molecule has 8 nitrogen and oxygen atoms in total. The van der Waals surface area contributed by atoms with Crippen molar-refractivity contribution in [1.82, 2.24) is 15.1 Å². The first-order valence-electron chi connectivity index (χ1n) is 13.9. The number of nitrogens with one attached hydrogen (secondary N) is 2. The van der Waals surface area contributed by atoms with E-state index >= 15 is 0 Å². The minimum atomic E-state index is -1.21. The Labute approximate surface area is 234 Å². The fraction of sp³-hybridized carbons (Fsp3) is 0.621.